The maximum atomic E-state index is 5.53. The molecule has 0 amide bonds. The molecule has 1 N–H and O–H groups in total. The molecule has 1 aliphatic rings. The van der Waals surface area contributed by atoms with Crippen molar-refractivity contribution in [3.8, 4) is 0 Å². The monoisotopic (exact) mass is 281 g/mol. The van der Waals surface area contributed by atoms with E-state index in [1.807, 2.05) is 6.92 Å². The number of hydrogen-bond acceptors (Lipinski definition) is 5. The number of ether oxygens (including phenoxy) is 1. The van der Waals surface area contributed by atoms with Crippen molar-refractivity contribution in [1.82, 2.24) is 15.5 Å². The molecule has 20 heavy (non-hydrogen) atoms. The second-order valence-electron chi connectivity index (χ2n) is 5.85. The highest BCUT2D eigenvalue weighted by atomic mass is 16.5. The Balaban J connectivity index is 2.00. The standard InChI is InChI=1S/C15H27N3O2/c1-5-15(3,19-4)14-17-13(20-18-14)11-7-9-12(10-8-11)16-6-2/h11-12,16H,5-10H2,1-4H3. The molecule has 5 heteroatoms. The molecule has 0 aliphatic heterocycles. The van der Waals surface area contributed by atoms with Gasteiger partial charge in [-0.25, -0.2) is 0 Å². The topological polar surface area (TPSA) is 60.2 Å². The van der Waals surface area contributed by atoms with Crippen LogP contribution in [0.3, 0.4) is 0 Å². The molecule has 0 spiro atoms. The van der Waals surface area contributed by atoms with Crippen molar-refractivity contribution in [2.24, 2.45) is 0 Å². The summed E-state index contributed by atoms with van der Waals surface area (Å²) in [7, 11) is 1.70. The van der Waals surface area contributed by atoms with E-state index < -0.39 is 5.60 Å². The van der Waals surface area contributed by atoms with Crippen LogP contribution < -0.4 is 5.32 Å². The van der Waals surface area contributed by atoms with Crippen LogP contribution in [0.25, 0.3) is 0 Å². The van der Waals surface area contributed by atoms with Crippen LogP contribution in [-0.2, 0) is 10.3 Å². The van der Waals surface area contributed by atoms with Crippen molar-refractivity contribution >= 4 is 0 Å². The number of nitrogens with one attached hydrogen (secondary N) is 1. The van der Waals surface area contributed by atoms with E-state index in [1.54, 1.807) is 7.11 Å². The highest BCUT2D eigenvalue weighted by Gasteiger charge is 2.32. The fourth-order valence-corrected chi connectivity index (χ4v) is 2.84. The Morgan fingerprint density at radius 1 is 1.30 bits per heavy atom. The molecule has 1 aromatic heterocycles. The first-order valence-corrected chi connectivity index (χ1v) is 7.75. The van der Waals surface area contributed by atoms with Crippen LogP contribution in [0, 0.1) is 0 Å². The first-order valence-electron chi connectivity index (χ1n) is 7.75. The summed E-state index contributed by atoms with van der Waals surface area (Å²) in [5, 5.41) is 7.65. The Kier molecular flexibility index (Phi) is 5.16. The van der Waals surface area contributed by atoms with Crippen LogP contribution in [0.5, 0.6) is 0 Å². The van der Waals surface area contributed by atoms with Crippen LogP contribution in [0.15, 0.2) is 4.52 Å². The highest BCUT2D eigenvalue weighted by molar-refractivity contribution is 5.03. The minimum Gasteiger partial charge on any atom is -0.370 e. The average molecular weight is 281 g/mol. The van der Waals surface area contributed by atoms with Crippen molar-refractivity contribution in [1.29, 1.82) is 0 Å². The van der Waals surface area contributed by atoms with E-state index in [2.05, 4.69) is 29.3 Å². The summed E-state index contributed by atoms with van der Waals surface area (Å²) in [6.07, 6.45) is 5.44. The SMILES string of the molecule is CCNC1CCC(c2nc(C(C)(CC)OC)no2)CC1. The lowest BCUT2D eigenvalue weighted by molar-refractivity contribution is -0.0106. The lowest BCUT2D eigenvalue weighted by atomic mass is 9.86. The zero-order valence-corrected chi connectivity index (χ0v) is 13.1. The normalized spacial score (nSPS) is 26.4. The van der Waals surface area contributed by atoms with Gasteiger partial charge in [-0.3, -0.25) is 0 Å². The zero-order valence-electron chi connectivity index (χ0n) is 13.1. The summed E-state index contributed by atoms with van der Waals surface area (Å²) in [6.45, 7) is 7.28. The summed E-state index contributed by atoms with van der Waals surface area (Å²) in [6, 6.07) is 0.651. The molecule has 1 aromatic rings. The largest absolute Gasteiger partial charge is 0.370 e. The first kappa shape index (κ1) is 15.4. The fourth-order valence-electron chi connectivity index (χ4n) is 2.84. The van der Waals surface area contributed by atoms with Crippen molar-refractivity contribution in [3.05, 3.63) is 11.7 Å². The van der Waals surface area contributed by atoms with Crippen LogP contribution in [0.1, 0.15) is 70.5 Å². The minimum absolute atomic E-state index is 0.407. The van der Waals surface area contributed by atoms with Crippen molar-refractivity contribution in [3.63, 3.8) is 0 Å². The quantitative estimate of drug-likeness (QED) is 0.868. The second-order valence-corrected chi connectivity index (χ2v) is 5.85. The molecule has 0 aromatic carbocycles. The molecule has 1 aliphatic carbocycles. The molecular formula is C15H27N3O2. The number of aromatic nitrogens is 2. The van der Waals surface area contributed by atoms with Gasteiger partial charge in [0.15, 0.2) is 0 Å². The molecule has 1 unspecified atom stereocenters. The third-order valence-corrected chi connectivity index (χ3v) is 4.61. The summed E-state index contributed by atoms with van der Waals surface area (Å²) >= 11 is 0. The summed E-state index contributed by atoms with van der Waals surface area (Å²) in [4.78, 5) is 4.60. The molecule has 1 fully saturated rings. The zero-order chi connectivity index (χ0) is 14.6. The second kappa shape index (κ2) is 6.68. The third kappa shape index (κ3) is 3.20. The van der Waals surface area contributed by atoms with E-state index >= 15 is 0 Å². The van der Waals surface area contributed by atoms with E-state index in [4.69, 9.17) is 9.26 Å². The van der Waals surface area contributed by atoms with E-state index in [-0.39, 0.29) is 0 Å². The molecule has 0 radical (unpaired) electrons. The van der Waals surface area contributed by atoms with E-state index in [1.165, 1.54) is 12.8 Å². The van der Waals surface area contributed by atoms with Gasteiger partial charge in [-0.1, -0.05) is 19.0 Å². The maximum absolute atomic E-state index is 5.53. The van der Waals surface area contributed by atoms with Crippen molar-refractivity contribution in [2.75, 3.05) is 13.7 Å². The summed E-state index contributed by atoms with van der Waals surface area (Å²) in [5.41, 5.74) is -0.442. The van der Waals surface area contributed by atoms with Gasteiger partial charge in [0.2, 0.25) is 11.7 Å². The number of methoxy groups -OCH3 is 1. The summed E-state index contributed by atoms with van der Waals surface area (Å²) < 4.78 is 11.0. The Hall–Kier alpha value is -0.940. The molecule has 0 saturated heterocycles. The van der Waals surface area contributed by atoms with Crippen molar-refractivity contribution < 1.29 is 9.26 Å². The number of nitrogens with zero attached hydrogens (tertiary/aromatic N) is 2. The molecule has 1 saturated carbocycles. The predicted octanol–water partition coefficient (Wildman–Crippen LogP) is 2.98. The number of hydrogen-bond donors (Lipinski definition) is 1. The number of rotatable bonds is 6. The average Bonchev–Trinajstić information content (AvgIpc) is 2.98. The van der Waals surface area contributed by atoms with Gasteiger partial charge in [0.05, 0.1) is 0 Å². The first-order chi connectivity index (χ1) is 9.62. The van der Waals surface area contributed by atoms with Gasteiger partial charge in [0.1, 0.15) is 5.60 Å². The molecule has 5 nitrogen and oxygen atoms in total. The molecule has 1 heterocycles. The van der Waals surface area contributed by atoms with Gasteiger partial charge in [-0.05, 0) is 45.6 Å². The lowest BCUT2D eigenvalue weighted by Crippen LogP contribution is -2.32. The van der Waals surface area contributed by atoms with Crippen LogP contribution in [-0.4, -0.2) is 29.8 Å². The molecular weight excluding hydrogens is 254 g/mol. The van der Waals surface area contributed by atoms with Gasteiger partial charge in [-0.15, -0.1) is 0 Å². The van der Waals surface area contributed by atoms with Gasteiger partial charge in [0.25, 0.3) is 0 Å². The Bertz CT molecular complexity index is 407. The smallest absolute Gasteiger partial charge is 0.229 e. The Morgan fingerprint density at radius 3 is 2.55 bits per heavy atom. The molecule has 2 rings (SSSR count). The fraction of sp³-hybridized carbons (Fsp3) is 0.867. The third-order valence-electron chi connectivity index (χ3n) is 4.61. The van der Waals surface area contributed by atoms with Gasteiger partial charge in [0, 0.05) is 19.1 Å². The Labute approximate surface area is 121 Å². The van der Waals surface area contributed by atoms with Crippen LogP contribution in [0.2, 0.25) is 0 Å². The maximum Gasteiger partial charge on any atom is 0.229 e. The van der Waals surface area contributed by atoms with Crippen LogP contribution in [0.4, 0.5) is 0 Å². The van der Waals surface area contributed by atoms with E-state index in [0.717, 1.165) is 31.7 Å². The highest BCUT2D eigenvalue weighted by Crippen LogP contribution is 2.34. The molecule has 1 atom stereocenters. The van der Waals surface area contributed by atoms with E-state index in [9.17, 15) is 0 Å². The van der Waals surface area contributed by atoms with Gasteiger partial charge >= 0.3 is 0 Å². The predicted molar refractivity (Wildman–Crippen MR) is 77.6 cm³/mol. The molecule has 114 valence electrons. The minimum atomic E-state index is -0.442. The van der Waals surface area contributed by atoms with Crippen LogP contribution >= 0.6 is 0 Å². The van der Waals surface area contributed by atoms with Crippen molar-refractivity contribution in [2.45, 2.75) is 70.4 Å². The van der Waals surface area contributed by atoms with E-state index in [0.29, 0.717) is 17.8 Å². The Morgan fingerprint density at radius 2 is 2.00 bits per heavy atom. The lowest BCUT2D eigenvalue weighted by Gasteiger charge is -2.26. The van der Waals surface area contributed by atoms with Gasteiger partial charge < -0.3 is 14.6 Å². The molecule has 0 bridgehead atoms. The van der Waals surface area contributed by atoms with Gasteiger partial charge in [-0.2, -0.15) is 4.98 Å². The summed E-state index contributed by atoms with van der Waals surface area (Å²) in [5.74, 6) is 1.86.